The highest BCUT2D eigenvalue weighted by molar-refractivity contribution is 5.51. The Morgan fingerprint density at radius 3 is 2.87 bits per heavy atom. The Balaban J connectivity index is 2.02. The highest BCUT2D eigenvalue weighted by Gasteiger charge is 2.02. The van der Waals surface area contributed by atoms with Crippen LogP contribution in [0.5, 0.6) is 11.6 Å². The number of aromatic nitrogens is 2. The number of nitrogens with one attached hydrogen (secondary N) is 1. The van der Waals surface area contributed by atoms with Gasteiger partial charge in [-0.05, 0) is 12.1 Å². The number of anilines is 1. The van der Waals surface area contributed by atoms with E-state index in [-0.39, 0.29) is 12.5 Å². The number of aromatic hydroxyl groups is 1. The van der Waals surface area contributed by atoms with Gasteiger partial charge in [0.15, 0.2) is 0 Å². The first kappa shape index (κ1) is 9.39. The first-order valence-electron chi connectivity index (χ1n) is 4.46. The number of para-hydroxylation sites is 2. The standard InChI is InChI=1S/C10H11N3O2/c11-7-3-1-2-4-8(7)15-6-9-12-5-10(14)13-9/h1-5,14H,6,11H2,(H,12,13). The van der Waals surface area contributed by atoms with Gasteiger partial charge < -0.3 is 20.6 Å². The largest absolute Gasteiger partial charge is 0.493 e. The van der Waals surface area contributed by atoms with E-state index in [0.29, 0.717) is 17.3 Å². The van der Waals surface area contributed by atoms with Crippen LogP contribution in [0.25, 0.3) is 0 Å². The molecule has 1 heterocycles. The van der Waals surface area contributed by atoms with Crippen molar-refractivity contribution in [3.05, 3.63) is 36.3 Å². The van der Waals surface area contributed by atoms with E-state index in [1.807, 2.05) is 12.1 Å². The SMILES string of the molecule is Nc1ccccc1OCc1ncc(O)[nH]1. The molecule has 2 rings (SSSR count). The van der Waals surface area contributed by atoms with Crippen LogP contribution >= 0.6 is 0 Å². The van der Waals surface area contributed by atoms with E-state index in [1.165, 1.54) is 6.20 Å². The Morgan fingerprint density at radius 2 is 2.20 bits per heavy atom. The summed E-state index contributed by atoms with van der Waals surface area (Å²) < 4.78 is 5.41. The lowest BCUT2D eigenvalue weighted by Gasteiger charge is -2.06. The third kappa shape index (κ3) is 2.19. The second-order valence-electron chi connectivity index (χ2n) is 3.04. The molecule has 0 bridgehead atoms. The maximum atomic E-state index is 9.01. The quantitative estimate of drug-likeness (QED) is 0.659. The monoisotopic (exact) mass is 205 g/mol. The zero-order chi connectivity index (χ0) is 10.7. The molecule has 0 saturated carbocycles. The molecule has 0 aliphatic carbocycles. The molecule has 78 valence electrons. The minimum Gasteiger partial charge on any atom is -0.493 e. The topological polar surface area (TPSA) is 84.2 Å². The first-order valence-corrected chi connectivity index (χ1v) is 4.46. The summed E-state index contributed by atoms with van der Waals surface area (Å²) in [7, 11) is 0. The molecule has 0 saturated heterocycles. The van der Waals surface area contributed by atoms with E-state index in [9.17, 15) is 0 Å². The van der Waals surface area contributed by atoms with Crippen LogP contribution in [0.2, 0.25) is 0 Å². The summed E-state index contributed by atoms with van der Waals surface area (Å²) in [5, 5.41) is 9.01. The Bertz CT molecular complexity index is 453. The molecule has 0 atom stereocenters. The lowest BCUT2D eigenvalue weighted by Crippen LogP contribution is -1.99. The molecule has 0 radical (unpaired) electrons. The van der Waals surface area contributed by atoms with E-state index >= 15 is 0 Å². The number of nitrogens with zero attached hydrogens (tertiary/aromatic N) is 1. The lowest BCUT2D eigenvalue weighted by molar-refractivity contribution is 0.297. The molecule has 0 spiro atoms. The van der Waals surface area contributed by atoms with Crippen molar-refractivity contribution in [2.45, 2.75) is 6.61 Å². The van der Waals surface area contributed by atoms with Crippen LogP contribution in [0.15, 0.2) is 30.5 Å². The molecule has 0 aliphatic heterocycles. The number of ether oxygens (including phenoxy) is 1. The van der Waals surface area contributed by atoms with Gasteiger partial charge in [-0.15, -0.1) is 0 Å². The van der Waals surface area contributed by atoms with Gasteiger partial charge in [-0.3, -0.25) is 0 Å². The first-order chi connectivity index (χ1) is 7.25. The second kappa shape index (κ2) is 3.91. The van der Waals surface area contributed by atoms with Crippen LogP contribution in [-0.4, -0.2) is 15.1 Å². The predicted octanol–water partition coefficient (Wildman–Crippen LogP) is 1.28. The summed E-state index contributed by atoms with van der Waals surface area (Å²) in [6.07, 6.45) is 1.33. The number of hydrogen-bond donors (Lipinski definition) is 3. The molecular formula is C10H11N3O2. The minimum atomic E-state index is 0.0228. The summed E-state index contributed by atoms with van der Waals surface area (Å²) in [5.41, 5.74) is 6.26. The highest BCUT2D eigenvalue weighted by atomic mass is 16.5. The normalized spacial score (nSPS) is 10.1. The number of nitrogens with two attached hydrogens (primary N) is 1. The molecule has 15 heavy (non-hydrogen) atoms. The number of rotatable bonds is 3. The van der Waals surface area contributed by atoms with Crippen molar-refractivity contribution in [2.24, 2.45) is 0 Å². The zero-order valence-electron chi connectivity index (χ0n) is 7.97. The fraction of sp³-hybridized carbons (Fsp3) is 0.100. The molecular weight excluding hydrogens is 194 g/mol. The smallest absolute Gasteiger partial charge is 0.208 e. The second-order valence-corrected chi connectivity index (χ2v) is 3.04. The summed E-state index contributed by atoms with van der Waals surface area (Å²) in [5.74, 6) is 1.18. The van der Waals surface area contributed by atoms with Crippen LogP contribution in [0.1, 0.15) is 5.82 Å². The molecule has 0 amide bonds. The highest BCUT2D eigenvalue weighted by Crippen LogP contribution is 2.20. The summed E-state index contributed by atoms with van der Waals surface area (Å²) in [4.78, 5) is 6.53. The summed E-state index contributed by atoms with van der Waals surface area (Å²) in [6.45, 7) is 0.245. The summed E-state index contributed by atoms with van der Waals surface area (Å²) >= 11 is 0. The van der Waals surface area contributed by atoms with Gasteiger partial charge in [-0.2, -0.15) is 0 Å². The molecule has 0 fully saturated rings. The summed E-state index contributed by atoms with van der Waals surface area (Å²) in [6, 6.07) is 7.21. The molecule has 2 aromatic rings. The molecule has 0 unspecified atom stereocenters. The average Bonchev–Trinajstić information content (AvgIpc) is 2.63. The van der Waals surface area contributed by atoms with E-state index < -0.39 is 0 Å². The fourth-order valence-corrected chi connectivity index (χ4v) is 1.18. The lowest BCUT2D eigenvalue weighted by atomic mass is 10.3. The van der Waals surface area contributed by atoms with Crippen LogP contribution in [-0.2, 0) is 6.61 Å². The minimum absolute atomic E-state index is 0.0228. The van der Waals surface area contributed by atoms with Crippen LogP contribution < -0.4 is 10.5 Å². The van der Waals surface area contributed by atoms with Gasteiger partial charge in [0.1, 0.15) is 18.2 Å². The Labute approximate surface area is 86.5 Å². The average molecular weight is 205 g/mol. The fourth-order valence-electron chi connectivity index (χ4n) is 1.18. The van der Waals surface area contributed by atoms with Gasteiger partial charge in [0.2, 0.25) is 5.88 Å². The van der Waals surface area contributed by atoms with Crippen molar-refractivity contribution in [1.82, 2.24) is 9.97 Å². The van der Waals surface area contributed by atoms with Crippen LogP contribution in [0, 0.1) is 0 Å². The van der Waals surface area contributed by atoms with Crippen molar-refractivity contribution >= 4 is 5.69 Å². The third-order valence-corrected chi connectivity index (χ3v) is 1.90. The zero-order valence-corrected chi connectivity index (χ0v) is 7.97. The molecule has 5 nitrogen and oxygen atoms in total. The molecule has 0 aliphatic rings. The molecule has 1 aromatic carbocycles. The Kier molecular flexibility index (Phi) is 2.45. The van der Waals surface area contributed by atoms with E-state index in [0.717, 1.165) is 0 Å². The maximum Gasteiger partial charge on any atom is 0.208 e. The van der Waals surface area contributed by atoms with Gasteiger partial charge in [0.05, 0.1) is 11.9 Å². The number of benzene rings is 1. The van der Waals surface area contributed by atoms with E-state index in [2.05, 4.69) is 9.97 Å². The molecule has 1 aromatic heterocycles. The third-order valence-electron chi connectivity index (χ3n) is 1.90. The number of imidazole rings is 1. The number of aromatic amines is 1. The van der Waals surface area contributed by atoms with E-state index in [4.69, 9.17) is 15.6 Å². The van der Waals surface area contributed by atoms with Gasteiger partial charge in [-0.1, -0.05) is 12.1 Å². The molecule has 5 heteroatoms. The van der Waals surface area contributed by atoms with Crippen LogP contribution in [0.3, 0.4) is 0 Å². The van der Waals surface area contributed by atoms with Crippen molar-refractivity contribution in [2.75, 3.05) is 5.73 Å². The number of nitrogen functional groups attached to an aromatic ring is 1. The predicted molar refractivity (Wildman–Crippen MR) is 55.4 cm³/mol. The van der Waals surface area contributed by atoms with Gasteiger partial charge in [0.25, 0.3) is 0 Å². The van der Waals surface area contributed by atoms with Crippen molar-refractivity contribution in [3.63, 3.8) is 0 Å². The van der Waals surface area contributed by atoms with Crippen molar-refractivity contribution in [3.8, 4) is 11.6 Å². The van der Waals surface area contributed by atoms with Gasteiger partial charge >= 0.3 is 0 Å². The van der Waals surface area contributed by atoms with E-state index in [1.54, 1.807) is 12.1 Å². The van der Waals surface area contributed by atoms with Crippen LogP contribution in [0.4, 0.5) is 5.69 Å². The molecule has 4 N–H and O–H groups in total. The van der Waals surface area contributed by atoms with Gasteiger partial charge in [0, 0.05) is 0 Å². The van der Waals surface area contributed by atoms with Crippen molar-refractivity contribution in [1.29, 1.82) is 0 Å². The number of H-pyrrole nitrogens is 1. The van der Waals surface area contributed by atoms with Gasteiger partial charge in [-0.25, -0.2) is 4.98 Å². The number of hydrogen-bond acceptors (Lipinski definition) is 4. The Hall–Kier alpha value is -2.17. The maximum absolute atomic E-state index is 9.01. The Morgan fingerprint density at radius 1 is 1.40 bits per heavy atom. The van der Waals surface area contributed by atoms with Crippen molar-refractivity contribution < 1.29 is 9.84 Å².